The van der Waals surface area contributed by atoms with Crippen molar-refractivity contribution in [1.29, 1.82) is 0 Å². The molecule has 0 radical (unpaired) electrons. The van der Waals surface area contributed by atoms with Gasteiger partial charge in [0, 0.05) is 18.0 Å². The fraction of sp³-hybridized carbons (Fsp3) is 0. The second kappa shape index (κ2) is 6.70. The lowest BCUT2D eigenvalue weighted by atomic mass is 10.3. The van der Waals surface area contributed by atoms with Crippen LogP contribution in [-0.4, -0.2) is 21.1 Å². The molecule has 2 rings (SSSR count). The molecule has 7 nitrogen and oxygen atoms in total. The second-order valence-electron chi connectivity index (χ2n) is 3.63. The Morgan fingerprint density at radius 3 is 2.67 bits per heavy atom. The fourth-order valence-corrected chi connectivity index (χ4v) is 2.24. The van der Waals surface area contributed by atoms with Crippen LogP contribution < -0.4 is 5.73 Å². The Balaban J connectivity index is 2.21. The van der Waals surface area contributed by atoms with Crippen LogP contribution in [0.15, 0.2) is 33.6 Å². The molecular weight excluding hydrogens is 337 g/mol. The number of aromatic nitrogens is 2. The Kier molecular flexibility index (Phi) is 4.94. The molecule has 0 aliphatic rings. The summed E-state index contributed by atoms with van der Waals surface area (Å²) in [5.41, 5.74) is 5.82. The summed E-state index contributed by atoms with van der Waals surface area (Å²) in [7, 11) is 0. The lowest BCUT2D eigenvalue weighted by Gasteiger charge is -2.01. The van der Waals surface area contributed by atoms with Crippen molar-refractivity contribution in [1.82, 2.24) is 9.97 Å². The summed E-state index contributed by atoms with van der Waals surface area (Å²) >= 11 is 12.3. The third-order valence-electron chi connectivity index (χ3n) is 2.26. The number of halogens is 2. The van der Waals surface area contributed by atoms with E-state index >= 15 is 0 Å². The molecule has 0 atom stereocenters. The Morgan fingerprint density at radius 1 is 1.29 bits per heavy atom. The summed E-state index contributed by atoms with van der Waals surface area (Å²) < 4.78 is 3.99. The number of rotatable bonds is 4. The van der Waals surface area contributed by atoms with Gasteiger partial charge in [0.15, 0.2) is 16.1 Å². The number of anilines is 1. The quantitative estimate of drug-likeness (QED) is 0.394. The van der Waals surface area contributed by atoms with Crippen LogP contribution in [0.25, 0.3) is 0 Å². The van der Waals surface area contributed by atoms with Crippen LogP contribution in [0.2, 0.25) is 10.3 Å². The number of nitrogens with zero attached hydrogens (tertiary/aromatic N) is 4. The maximum absolute atomic E-state index is 10.9. The molecule has 0 saturated carbocycles. The number of nitro benzene ring substituents is 1. The molecule has 1 heterocycles. The summed E-state index contributed by atoms with van der Waals surface area (Å²) in [5, 5.41) is 10.9. The number of nitrogens with two attached hydrogens (primary N) is 1. The van der Waals surface area contributed by atoms with Gasteiger partial charge in [-0.05, 0) is 6.07 Å². The molecule has 108 valence electrons. The topological polar surface area (TPSA) is 107 Å². The average molecular weight is 344 g/mol. The predicted molar refractivity (Wildman–Crippen MR) is 83.0 cm³/mol. The van der Waals surface area contributed by atoms with Crippen molar-refractivity contribution in [3.63, 3.8) is 0 Å². The number of para-hydroxylation sites is 1. The largest absolute Gasteiger partial charge is 0.382 e. The first kappa shape index (κ1) is 15.5. The van der Waals surface area contributed by atoms with Gasteiger partial charge in [-0.2, -0.15) is 0 Å². The molecule has 0 aliphatic carbocycles. The van der Waals surface area contributed by atoms with Gasteiger partial charge in [0.25, 0.3) is 5.69 Å². The average Bonchev–Trinajstić information content (AvgIpc) is 2.44. The summed E-state index contributed by atoms with van der Waals surface area (Å²) in [6.45, 7) is 0. The van der Waals surface area contributed by atoms with E-state index in [1.165, 1.54) is 12.3 Å². The van der Waals surface area contributed by atoms with E-state index in [0.29, 0.717) is 4.90 Å². The molecule has 0 saturated heterocycles. The Hall–Kier alpha value is -1.90. The molecule has 2 N–H and O–H groups in total. The van der Waals surface area contributed by atoms with Gasteiger partial charge in [-0.3, -0.25) is 10.1 Å². The Labute approximate surface area is 133 Å². The molecule has 21 heavy (non-hydrogen) atoms. The molecule has 0 fully saturated rings. The monoisotopic (exact) mass is 343 g/mol. The minimum Gasteiger partial charge on any atom is -0.382 e. The molecule has 1 aromatic heterocycles. The van der Waals surface area contributed by atoms with E-state index in [1.807, 2.05) is 0 Å². The molecule has 0 spiro atoms. The zero-order valence-electron chi connectivity index (χ0n) is 10.2. The zero-order valence-corrected chi connectivity index (χ0v) is 12.6. The molecular formula is C11H7Cl2N5O2S. The molecule has 0 aliphatic heterocycles. The first-order valence-electron chi connectivity index (χ1n) is 5.41. The van der Waals surface area contributed by atoms with Crippen molar-refractivity contribution < 1.29 is 4.92 Å². The van der Waals surface area contributed by atoms with E-state index in [4.69, 9.17) is 28.9 Å². The number of nitrogen functional groups attached to an aromatic ring is 1. The van der Waals surface area contributed by atoms with Crippen LogP contribution in [0.5, 0.6) is 0 Å². The number of nitro groups is 1. The van der Waals surface area contributed by atoms with Crippen LogP contribution in [0.1, 0.15) is 5.69 Å². The van der Waals surface area contributed by atoms with E-state index in [1.54, 1.807) is 18.2 Å². The smallest absolute Gasteiger partial charge is 0.284 e. The van der Waals surface area contributed by atoms with Crippen LogP contribution in [0.3, 0.4) is 0 Å². The molecule has 0 bridgehead atoms. The summed E-state index contributed by atoms with van der Waals surface area (Å²) in [6.07, 6.45) is 1.31. The maximum Gasteiger partial charge on any atom is 0.284 e. The molecule has 1 aromatic carbocycles. The third kappa shape index (κ3) is 3.81. The lowest BCUT2D eigenvalue weighted by Crippen LogP contribution is -2.01. The zero-order chi connectivity index (χ0) is 15.4. The minimum atomic E-state index is -0.481. The normalized spacial score (nSPS) is 11.0. The summed E-state index contributed by atoms with van der Waals surface area (Å²) in [6, 6.07) is 6.24. The van der Waals surface area contributed by atoms with Crippen molar-refractivity contribution in [2.24, 2.45) is 4.40 Å². The highest BCUT2D eigenvalue weighted by atomic mass is 35.5. The van der Waals surface area contributed by atoms with Gasteiger partial charge >= 0.3 is 0 Å². The Bertz CT molecular complexity index is 726. The van der Waals surface area contributed by atoms with Gasteiger partial charge in [-0.25, -0.2) is 14.4 Å². The first-order valence-corrected chi connectivity index (χ1v) is 6.94. The summed E-state index contributed by atoms with van der Waals surface area (Å²) in [5.74, 6) is 0.0660. The first-order chi connectivity index (χ1) is 9.99. The van der Waals surface area contributed by atoms with E-state index in [-0.39, 0.29) is 27.5 Å². The van der Waals surface area contributed by atoms with Gasteiger partial charge in [-0.1, -0.05) is 35.3 Å². The van der Waals surface area contributed by atoms with Crippen molar-refractivity contribution >= 4 is 52.9 Å². The highest BCUT2D eigenvalue weighted by Gasteiger charge is 2.12. The summed E-state index contributed by atoms with van der Waals surface area (Å²) in [4.78, 5) is 18.5. The van der Waals surface area contributed by atoms with E-state index in [2.05, 4.69) is 14.4 Å². The van der Waals surface area contributed by atoms with Crippen molar-refractivity contribution in [2.45, 2.75) is 4.90 Å². The molecule has 0 amide bonds. The second-order valence-corrected chi connectivity index (χ2v) is 5.18. The van der Waals surface area contributed by atoms with E-state index in [0.717, 1.165) is 11.9 Å². The third-order valence-corrected chi connectivity index (χ3v) is 3.63. The van der Waals surface area contributed by atoms with Gasteiger partial charge in [0.2, 0.25) is 0 Å². The van der Waals surface area contributed by atoms with E-state index < -0.39 is 4.92 Å². The van der Waals surface area contributed by atoms with Crippen molar-refractivity contribution in [3.05, 3.63) is 50.4 Å². The van der Waals surface area contributed by atoms with Crippen LogP contribution in [-0.2, 0) is 0 Å². The minimum absolute atomic E-state index is 0.00216. The van der Waals surface area contributed by atoms with Crippen molar-refractivity contribution in [2.75, 3.05) is 5.73 Å². The van der Waals surface area contributed by atoms with E-state index in [9.17, 15) is 10.1 Å². The highest BCUT2D eigenvalue weighted by Crippen LogP contribution is 2.29. The highest BCUT2D eigenvalue weighted by molar-refractivity contribution is 7.98. The van der Waals surface area contributed by atoms with Crippen LogP contribution >= 0.6 is 35.1 Å². The van der Waals surface area contributed by atoms with Crippen LogP contribution in [0.4, 0.5) is 11.5 Å². The van der Waals surface area contributed by atoms with Crippen LogP contribution in [0, 0.1) is 10.1 Å². The number of hydrogen-bond donors (Lipinski definition) is 1. The lowest BCUT2D eigenvalue weighted by molar-refractivity contribution is -0.387. The SMILES string of the molecule is Nc1nc(Cl)c(Cl)nc1/C=N/Sc1ccccc1[N+](=O)[O-]. The molecule has 2 aromatic rings. The van der Waals surface area contributed by atoms with Crippen molar-refractivity contribution in [3.8, 4) is 0 Å². The maximum atomic E-state index is 10.9. The number of hydrogen-bond acceptors (Lipinski definition) is 7. The molecule has 0 unspecified atom stereocenters. The molecule has 10 heteroatoms. The number of benzene rings is 1. The van der Waals surface area contributed by atoms with Gasteiger partial charge in [0.1, 0.15) is 10.6 Å². The Morgan fingerprint density at radius 2 is 1.95 bits per heavy atom. The van der Waals surface area contributed by atoms with Gasteiger partial charge < -0.3 is 5.73 Å². The standard InChI is InChI=1S/C11H7Cl2N5O2S/c12-9-10(13)17-11(14)6(16-9)5-15-21-8-4-2-1-3-7(8)18(19)20/h1-5H,(H2,14,17)/b15-5+. The predicted octanol–water partition coefficient (Wildman–Crippen LogP) is 3.40. The van der Waals surface area contributed by atoms with Gasteiger partial charge in [0.05, 0.1) is 11.1 Å². The van der Waals surface area contributed by atoms with Gasteiger partial charge in [-0.15, -0.1) is 0 Å². The fourth-order valence-electron chi connectivity index (χ4n) is 1.33.